The molecule has 0 spiro atoms. The van der Waals surface area contributed by atoms with Crippen LogP contribution in [0.1, 0.15) is 10.4 Å². The number of amides is 1. The number of benzene rings is 3. The fourth-order valence-electron chi connectivity index (χ4n) is 3.55. The number of para-hydroxylation sites is 1. The highest BCUT2D eigenvalue weighted by Crippen LogP contribution is 2.38. The van der Waals surface area contributed by atoms with Crippen molar-refractivity contribution in [3.05, 3.63) is 70.8 Å². The summed E-state index contributed by atoms with van der Waals surface area (Å²) in [6, 6.07) is 10.5. The Morgan fingerprint density at radius 1 is 1.09 bits per heavy atom. The van der Waals surface area contributed by atoms with E-state index >= 15 is 0 Å². The van der Waals surface area contributed by atoms with E-state index in [1.807, 2.05) is 0 Å². The first kappa shape index (κ1) is 23.8. The van der Waals surface area contributed by atoms with Gasteiger partial charge in [-0.1, -0.05) is 29.8 Å². The van der Waals surface area contributed by atoms with E-state index in [0.717, 1.165) is 12.1 Å². The lowest BCUT2D eigenvalue weighted by Gasteiger charge is -2.19. The van der Waals surface area contributed by atoms with Crippen molar-refractivity contribution in [3.63, 3.8) is 0 Å². The number of sulfonamides is 1. The second-order valence-electron chi connectivity index (χ2n) is 7.48. The molecule has 0 unspecified atom stereocenters. The number of hydrogen-bond acceptors (Lipinski definition) is 5. The van der Waals surface area contributed by atoms with Gasteiger partial charge in [-0.15, -0.1) is 0 Å². The number of nitrogens with one attached hydrogen (secondary N) is 1. The SMILES string of the molecule is COc1c(Cl)cc2cc1S(=O)(=O)Nc1cc(c(F)cc1F)-c1ccccc1OCCN(C)C2=O. The summed E-state index contributed by atoms with van der Waals surface area (Å²) < 4.78 is 69.0. The van der Waals surface area contributed by atoms with E-state index in [1.54, 1.807) is 24.3 Å². The van der Waals surface area contributed by atoms with Crippen molar-refractivity contribution >= 4 is 33.2 Å². The van der Waals surface area contributed by atoms with E-state index in [-0.39, 0.29) is 46.4 Å². The number of carbonyl (C=O) groups is 1. The second kappa shape index (κ2) is 9.11. The molecule has 1 N–H and O–H groups in total. The van der Waals surface area contributed by atoms with E-state index in [0.29, 0.717) is 6.07 Å². The molecule has 1 aliphatic heterocycles. The van der Waals surface area contributed by atoms with Gasteiger partial charge in [0.15, 0.2) is 5.75 Å². The molecule has 11 heteroatoms. The van der Waals surface area contributed by atoms with Gasteiger partial charge in [0.05, 0.1) is 24.4 Å². The van der Waals surface area contributed by atoms with Crippen LogP contribution in [-0.4, -0.2) is 46.5 Å². The minimum Gasteiger partial charge on any atom is -0.494 e. The van der Waals surface area contributed by atoms with Crippen LogP contribution in [0.15, 0.2) is 53.4 Å². The van der Waals surface area contributed by atoms with Crippen molar-refractivity contribution < 1.29 is 31.5 Å². The zero-order valence-electron chi connectivity index (χ0n) is 18.1. The number of ether oxygens (including phenoxy) is 2. The molecule has 0 atom stereocenters. The minimum absolute atomic E-state index is 0.0239. The van der Waals surface area contributed by atoms with Gasteiger partial charge >= 0.3 is 0 Å². The molecule has 7 nitrogen and oxygen atoms in total. The fourth-order valence-corrected chi connectivity index (χ4v) is 5.18. The summed E-state index contributed by atoms with van der Waals surface area (Å²) in [7, 11) is -1.80. The number of nitrogens with zero attached hydrogens (tertiary/aromatic N) is 1. The van der Waals surface area contributed by atoms with Gasteiger partial charge in [0, 0.05) is 29.8 Å². The van der Waals surface area contributed by atoms with Crippen molar-refractivity contribution in [2.75, 3.05) is 32.0 Å². The highest BCUT2D eigenvalue weighted by Gasteiger charge is 2.27. The van der Waals surface area contributed by atoms with Crippen molar-refractivity contribution in [3.8, 4) is 22.6 Å². The molecule has 3 aromatic rings. The number of carbonyl (C=O) groups excluding carboxylic acids is 1. The molecule has 1 heterocycles. The van der Waals surface area contributed by atoms with E-state index in [4.69, 9.17) is 21.1 Å². The molecule has 178 valence electrons. The van der Waals surface area contributed by atoms with Gasteiger partial charge < -0.3 is 14.4 Å². The molecule has 1 amide bonds. The second-order valence-corrected chi connectivity index (χ2v) is 9.54. The predicted molar refractivity (Wildman–Crippen MR) is 123 cm³/mol. The van der Waals surface area contributed by atoms with E-state index < -0.39 is 38.1 Å². The van der Waals surface area contributed by atoms with Gasteiger partial charge in [-0.05, 0) is 24.3 Å². The molecule has 0 aliphatic carbocycles. The Morgan fingerprint density at radius 2 is 1.82 bits per heavy atom. The maximum absolute atomic E-state index is 14.8. The van der Waals surface area contributed by atoms with Crippen molar-refractivity contribution in [1.82, 2.24) is 4.90 Å². The van der Waals surface area contributed by atoms with Crippen molar-refractivity contribution in [2.24, 2.45) is 0 Å². The monoisotopic (exact) mass is 508 g/mol. The molecule has 34 heavy (non-hydrogen) atoms. The molecule has 4 rings (SSSR count). The number of hydrogen-bond donors (Lipinski definition) is 1. The molecule has 3 aromatic carbocycles. The van der Waals surface area contributed by atoms with E-state index in [2.05, 4.69) is 4.72 Å². The number of halogens is 3. The maximum atomic E-state index is 14.8. The number of fused-ring (bicyclic) bond motifs is 6. The number of likely N-dealkylation sites (N-methyl/N-ethyl adjacent to an activating group) is 1. The molecule has 4 bridgehead atoms. The molecular formula is C23H19ClF2N2O5S. The number of anilines is 1. The summed E-state index contributed by atoms with van der Waals surface area (Å²) in [6.45, 7) is 0.191. The van der Waals surface area contributed by atoms with Crippen molar-refractivity contribution in [2.45, 2.75) is 4.90 Å². The molecule has 0 aromatic heterocycles. The Labute approximate surface area is 199 Å². The van der Waals surface area contributed by atoms with Crippen LogP contribution in [0, 0.1) is 11.6 Å². The van der Waals surface area contributed by atoms with Gasteiger partial charge in [0.1, 0.15) is 28.9 Å². The quantitative estimate of drug-likeness (QED) is 0.521. The van der Waals surface area contributed by atoms with Crippen LogP contribution < -0.4 is 14.2 Å². The van der Waals surface area contributed by atoms with Crippen LogP contribution in [0.2, 0.25) is 5.02 Å². The smallest absolute Gasteiger partial charge is 0.265 e. The third-order valence-electron chi connectivity index (χ3n) is 5.26. The molecule has 0 radical (unpaired) electrons. The van der Waals surface area contributed by atoms with Gasteiger partial charge in [-0.25, -0.2) is 17.2 Å². The normalized spacial score (nSPS) is 15.3. The van der Waals surface area contributed by atoms with Crippen molar-refractivity contribution in [1.29, 1.82) is 0 Å². The minimum atomic E-state index is -4.52. The zero-order chi connectivity index (χ0) is 24.6. The summed E-state index contributed by atoms with van der Waals surface area (Å²) >= 11 is 6.21. The Kier molecular flexibility index (Phi) is 6.37. The largest absolute Gasteiger partial charge is 0.494 e. The molecule has 0 fully saturated rings. The van der Waals surface area contributed by atoms with Crippen LogP contribution in [-0.2, 0) is 10.0 Å². The van der Waals surface area contributed by atoms with E-state index in [9.17, 15) is 22.0 Å². The zero-order valence-corrected chi connectivity index (χ0v) is 19.6. The maximum Gasteiger partial charge on any atom is 0.265 e. The molecule has 1 aliphatic rings. The van der Waals surface area contributed by atoms with Crippen LogP contribution in [0.5, 0.6) is 11.5 Å². The number of rotatable bonds is 1. The lowest BCUT2D eigenvalue weighted by atomic mass is 10.0. The third-order valence-corrected chi connectivity index (χ3v) is 6.91. The summed E-state index contributed by atoms with van der Waals surface area (Å²) in [5, 5.41) is -0.129. The van der Waals surface area contributed by atoms with Crippen LogP contribution in [0.3, 0.4) is 0 Å². The highest BCUT2D eigenvalue weighted by atomic mass is 35.5. The third kappa shape index (κ3) is 4.38. The van der Waals surface area contributed by atoms with Crippen LogP contribution in [0.4, 0.5) is 14.5 Å². The van der Waals surface area contributed by atoms with Gasteiger partial charge in [0.25, 0.3) is 15.9 Å². The predicted octanol–water partition coefficient (Wildman–Crippen LogP) is 4.56. The Morgan fingerprint density at radius 3 is 2.56 bits per heavy atom. The average Bonchev–Trinajstić information content (AvgIpc) is 2.79. The lowest BCUT2D eigenvalue weighted by molar-refractivity contribution is 0.0773. The molecular weight excluding hydrogens is 490 g/mol. The summed E-state index contributed by atoms with van der Waals surface area (Å²) in [5.41, 5.74) is -0.324. The first-order valence-electron chi connectivity index (χ1n) is 9.99. The van der Waals surface area contributed by atoms with Crippen LogP contribution >= 0.6 is 11.6 Å². The molecule has 0 saturated carbocycles. The first-order chi connectivity index (χ1) is 16.1. The lowest BCUT2D eigenvalue weighted by Crippen LogP contribution is -2.31. The Balaban J connectivity index is 1.97. The summed E-state index contributed by atoms with van der Waals surface area (Å²) in [6.07, 6.45) is 0. The number of methoxy groups -OCH3 is 1. The Hall–Kier alpha value is -3.37. The average molecular weight is 509 g/mol. The fraction of sp³-hybridized carbons (Fsp3) is 0.174. The summed E-state index contributed by atoms with van der Waals surface area (Å²) in [4.78, 5) is 13.8. The summed E-state index contributed by atoms with van der Waals surface area (Å²) in [5.74, 6) is -2.51. The first-order valence-corrected chi connectivity index (χ1v) is 11.9. The van der Waals surface area contributed by atoms with Gasteiger partial charge in [-0.3, -0.25) is 9.52 Å². The van der Waals surface area contributed by atoms with E-state index in [1.165, 1.54) is 25.1 Å². The van der Waals surface area contributed by atoms with Crippen LogP contribution in [0.25, 0.3) is 11.1 Å². The standard InChI is InChI=1S/C23H19ClF2N2O5S/c1-28-7-8-33-20-6-4-3-5-14(20)15-11-19(18(26)12-17(15)25)27-34(30,31)21-10-13(23(28)29)9-16(24)22(21)32-2/h3-6,9-12,27H,7-8H2,1-2H3. The van der Waals surface area contributed by atoms with Gasteiger partial charge in [0.2, 0.25) is 0 Å². The molecule has 0 saturated heterocycles. The Bertz CT molecular complexity index is 1400. The van der Waals surface area contributed by atoms with Gasteiger partial charge in [-0.2, -0.15) is 0 Å². The highest BCUT2D eigenvalue weighted by molar-refractivity contribution is 7.92. The topological polar surface area (TPSA) is 84.9 Å².